The van der Waals surface area contributed by atoms with Gasteiger partial charge in [-0.05, 0) is 29.0 Å². The van der Waals surface area contributed by atoms with Crippen molar-refractivity contribution in [1.29, 1.82) is 0 Å². The van der Waals surface area contributed by atoms with E-state index in [0.29, 0.717) is 19.6 Å². The third-order valence-corrected chi connectivity index (χ3v) is 3.15. The van der Waals surface area contributed by atoms with Gasteiger partial charge in [0.05, 0.1) is 13.2 Å². The number of ketones is 1. The number of Topliss-reactive ketones (excluding diaryl/α,β-unsaturated/α-hetero) is 1. The molecule has 0 aliphatic carbocycles. The molecule has 1 aromatic carbocycles. The second-order valence-corrected chi connectivity index (χ2v) is 5.96. The molecule has 0 saturated heterocycles. The van der Waals surface area contributed by atoms with Gasteiger partial charge in [0.15, 0.2) is 5.78 Å². The van der Waals surface area contributed by atoms with Crippen LogP contribution >= 0.6 is 0 Å². The van der Waals surface area contributed by atoms with Gasteiger partial charge >= 0.3 is 0 Å². The third kappa shape index (κ3) is 3.16. The minimum absolute atomic E-state index is 0.218. The zero-order chi connectivity index (χ0) is 12.5. The number of rotatable bonds is 3. The van der Waals surface area contributed by atoms with Gasteiger partial charge in [0.25, 0.3) is 0 Å². The lowest BCUT2D eigenvalue weighted by Gasteiger charge is -2.17. The lowest BCUT2D eigenvalue weighted by molar-refractivity contribution is 0.0966. The summed E-state index contributed by atoms with van der Waals surface area (Å²) in [7, 11) is 0. The van der Waals surface area contributed by atoms with E-state index < -0.39 is 0 Å². The van der Waals surface area contributed by atoms with Gasteiger partial charge in [0, 0.05) is 12.0 Å². The van der Waals surface area contributed by atoms with Crippen molar-refractivity contribution < 1.29 is 9.53 Å². The second kappa shape index (κ2) is 4.61. The minimum atomic E-state index is 0.218. The van der Waals surface area contributed by atoms with E-state index in [4.69, 9.17) is 4.74 Å². The number of benzene rings is 1. The van der Waals surface area contributed by atoms with Crippen LogP contribution in [-0.4, -0.2) is 5.78 Å². The first-order valence-corrected chi connectivity index (χ1v) is 6.18. The molecule has 1 aromatic rings. The molecule has 0 N–H and O–H groups in total. The normalized spacial score (nSPS) is 14.8. The van der Waals surface area contributed by atoms with Gasteiger partial charge in [0.2, 0.25) is 0 Å². The van der Waals surface area contributed by atoms with Crippen molar-refractivity contribution >= 4 is 5.78 Å². The highest BCUT2D eigenvalue weighted by Gasteiger charge is 2.16. The van der Waals surface area contributed by atoms with Crippen molar-refractivity contribution in [2.45, 2.75) is 46.8 Å². The second-order valence-electron chi connectivity index (χ2n) is 5.96. The number of carbonyl (C=O) groups is 1. The predicted molar refractivity (Wildman–Crippen MR) is 68.0 cm³/mol. The van der Waals surface area contributed by atoms with Crippen LogP contribution in [0, 0.1) is 5.41 Å². The number of fused-ring (bicyclic) bond motifs is 1. The highest BCUT2D eigenvalue weighted by atomic mass is 16.5. The summed E-state index contributed by atoms with van der Waals surface area (Å²) in [6.07, 6.45) is 1.56. The molecule has 92 valence electrons. The largest absolute Gasteiger partial charge is 0.372 e. The van der Waals surface area contributed by atoms with Crippen molar-refractivity contribution in [2.75, 3.05) is 0 Å². The Morgan fingerprint density at radius 2 is 1.94 bits per heavy atom. The van der Waals surface area contributed by atoms with E-state index in [0.717, 1.165) is 12.0 Å². The van der Waals surface area contributed by atoms with Gasteiger partial charge in [-0.2, -0.15) is 0 Å². The highest BCUT2D eigenvalue weighted by Crippen LogP contribution is 2.24. The number of ether oxygens (including phenoxy) is 1. The maximum atomic E-state index is 12.1. The summed E-state index contributed by atoms with van der Waals surface area (Å²) in [5.41, 5.74) is 3.44. The van der Waals surface area contributed by atoms with E-state index in [1.807, 2.05) is 18.2 Å². The Morgan fingerprint density at radius 1 is 1.24 bits per heavy atom. The number of hydrogen-bond donors (Lipinski definition) is 0. The molecule has 0 spiro atoms. The van der Waals surface area contributed by atoms with Gasteiger partial charge in [-0.25, -0.2) is 0 Å². The smallest absolute Gasteiger partial charge is 0.162 e. The van der Waals surface area contributed by atoms with Crippen molar-refractivity contribution in [3.8, 4) is 0 Å². The van der Waals surface area contributed by atoms with Crippen molar-refractivity contribution in [3.63, 3.8) is 0 Å². The van der Waals surface area contributed by atoms with Gasteiger partial charge < -0.3 is 4.74 Å². The quantitative estimate of drug-likeness (QED) is 0.742. The van der Waals surface area contributed by atoms with E-state index in [1.165, 1.54) is 11.1 Å². The maximum Gasteiger partial charge on any atom is 0.162 e. The van der Waals surface area contributed by atoms with Crippen LogP contribution in [0.15, 0.2) is 18.2 Å². The Labute approximate surface area is 103 Å². The Morgan fingerprint density at radius 3 is 2.65 bits per heavy atom. The highest BCUT2D eigenvalue weighted by molar-refractivity contribution is 5.96. The molecular weight excluding hydrogens is 212 g/mol. The zero-order valence-corrected chi connectivity index (χ0v) is 10.9. The minimum Gasteiger partial charge on any atom is -0.372 e. The molecule has 0 atom stereocenters. The molecule has 1 aliphatic heterocycles. The lowest BCUT2D eigenvalue weighted by atomic mass is 9.88. The summed E-state index contributed by atoms with van der Waals surface area (Å²) < 4.78 is 5.35. The molecule has 0 radical (unpaired) electrons. The van der Waals surface area contributed by atoms with E-state index in [9.17, 15) is 4.79 Å². The molecule has 2 rings (SSSR count). The fourth-order valence-corrected chi connectivity index (χ4v) is 1.98. The Hall–Kier alpha value is -1.15. The molecule has 1 aliphatic rings. The fraction of sp³-hybridized carbons (Fsp3) is 0.533. The zero-order valence-electron chi connectivity index (χ0n) is 10.9. The van der Waals surface area contributed by atoms with Crippen molar-refractivity contribution in [2.24, 2.45) is 5.41 Å². The average Bonchev–Trinajstić information content (AvgIpc) is 2.71. The number of hydrogen-bond acceptors (Lipinski definition) is 2. The average molecular weight is 232 g/mol. The fourth-order valence-electron chi connectivity index (χ4n) is 1.98. The van der Waals surface area contributed by atoms with Crippen molar-refractivity contribution in [1.82, 2.24) is 0 Å². The molecule has 0 saturated carbocycles. The molecule has 0 amide bonds. The summed E-state index contributed by atoms with van der Waals surface area (Å²) in [6.45, 7) is 7.83. The molecule has 0 fully saturated rings. The lowest BCUT2D eigenvalue weighted by Crippen LogP contribution is -2.09. The van der Waals surface area contributed by atoms with E-state index in [2.05, 4.69) is 20.8 Å². The Bertz CT molecular complexity index is 427. The van der Waals surface area contributed by atoms with E-state index in [1.54, 1.807) is 0 Å². The van der Waals surface area contributed by atoms with E-state index in [-0.39, 0.29) is 11.2 Å². The summed E-state index contributed by atoms with van der Waals surface area (Å²) in [5.74, 6) is 0.245. The van der Waals surface area contributed by atoms with Gasteiger partial charge in [-0.1, -0.05) is 32.9 Å². The van der Waals surface area contributed by atoms with E-state index >= 15 is 0 Å². The van der Waals surface area contributed by atoms with Crippen LogP contribution in [-0.2, 0) is 18.0 Å². The molecule has 2 heteroatoms. The monoisotopic (exact) mass is 232 g/mol. The maximum absolute atomic E-state index is 12.1. The summed E-state index contributed by atoms with van der Waals surface area (Å²) in [5, 5.41) is 0. The molecule has 0 aromatic heterocycles. The summed E-state index contributed by atoms with van der Waals surface area (Å²) >= 11 is 0. The van der Waals surface area contributed by atoms with Gasteiger partial charge in [0.1, 0.15) is 0 Å². The van der Waals surface area contributed by atoms with Crippen LogP contribution in [0.5, 0.6) is 0 Å². The topological polar surface area (TPSA) is 26.3 Å². The van der Waals surface area contributed by atoms with Gasteiger partial charge in [-0.15, -0.1) is 0 Å². The molecule has 0 unspecified atom stereocenters. The SMILES string of the molecule is CC(C)(C)CCC(=O)c1ccc2c(c1)COC2. The van der Waals surface area contributed by atoms with Crippen LogP contribution in [0.2, 0.25) is 0 Å². The first kappa shape index (κ1) is 12.3. The van der Waals surface area contributed by atoms with Crippen LogP contribution in [0.1, 0.15) is 55.1 Å². The predicted octanol–water partition coefficient (Wildman–Crippen LogP) is 3.73. The molecular formula is C15H20O2. The standard InChI is InChI=1S/C15H20O2/c1-15(2,3)7-6-14(16)11-4-5-12-9-17-10-13(12)8-11/h4-5,8H,6-7,9-10H2,1-3H3. The first-order chi connectivity index (χ1) is 7.96. The van der Waals surface area contributed by atoms with Crippen LogP contribution < -0.4 is 0 Å². The Balaban J connectivity index is 2.05. The summed E-state index contributed by atoms with van der Waals surface area (Å²) in [4.78, 5) is 12.1. The third-order valence-electron chi connectivity index (χ3n) is 3.15. The van der Waals surface area contributed by atoms with Crippen LogP contribution in [0.25, 0.3) is 0 Å². The number of carbonyl (C=O) groups excluding carboxylic acids is 1. The molecule has 0 bridgehead atoms. The van der Waals surface area contributed by atoms with Crippen molar-refractivity contribution in [3.05, 3.63) is 34.9 Å². The first-order valence-electron chi connectivity index (χ1n) is 6.18. The summed E-state index contributed by atoms with van der Waals surface area (Å²) in [6, 6.07) is 5.94. The molecule has 17 heavy (non-hydrogen) atoms. The molecule has 2 nitrogen and oxygen atoms in total. The Kier molecular flexibility index (Phi) is 3.34. The van der Waals surface area contributed by atoms with Crippen LogP contribution in [0.4, 0.5) is 0 Å². The van der Waals surface area contributed by atoms with Crippen LogP contribution in [0.3, 0.4) is 0 Å². The van der Waals surface area contributed by atoms with Gasteiger partial charge in [-0.3, -0.25) is 4.79 Å². The molecule has 1 heterocycles.